The minimum absolute atomic E-state index is 0.0961. The van der Waals surface area contributed by atoms with Crippen LogP contribution in [0.5, 0.6) is 17.2 Å². The Balaban J connectivity index is 1.58. The van der Waals surface area contributed by atoms with Gasteiger partial charge >= 0.3 is 12.0 Å². The summed E-state index contributed by atoms with van der Waals surface area (Å²) in [6, 6.07) is 9.59. The highest BCUT2D eigenvalue weighted by Gasteiger charge is 2.31. The molecule has 0 aliphatic carbocycles. The molecule has 4 rings (SSSR count). The molecule has 0 radical (unpaired) electrons. The molecule has 2 N–H and O–H groups in total. The van der Waals surface area contributed by atoms with Crippen molar-refractivity contribution >= 4 is 28.7 Å². The molecule has 2 aromatic carbocycles. The molecule has 2 heterocycles. The van der Waals surface area contributed by atoms with Crippen LogP contribution in [-0.2, 0) is 0 Å². The molecule has 10 nitrogen and oxygen atoms in total. The molecule has 166 valence electrons. The molecule has 0 bridgehead atoms. The first-order chi connectivity index (χ1) is 15.3. The molecule has 0 atom stereocenters. The van der Waals surface area contributed by atoms with E-state index in [2.05, 4.69) is 25.3 Å². The van der Waals surface area contributed by atoms with E-state index in [4.69, 9.17) is 9.47 Å². The number of nitro groups is 1. The van der Waals surface area contributed by atoms with Crippen molar-refractivity contribution in [3.05, 3.63) is 58.9 Å². The topological polar surface area (TPSA) is 121 Å². The lowest BCUT2D eigenvalue weighted by Gasteiger charge is -2.19. The van der Waals surface area contributed by atoms with E-state index in [9.17, 15) is 23.3 Å². The van der Waals surface area contributed by atoms with E-state index in [1.807, 2.05) is 0 Å². The van der Waals surface area contributed by atoms with Gasteiger partial charge in [-0.1, -0.05) is 0 Å². The van der Waals surface area contributed by atoms with E-state index in [-0.39, 0.29) is 17.3 Å². The molecule has 0 saturated carbocycles. The summed E-state index contributed by atoms with van der Waals surface area (Å²) in [5, 5.41) is 17.3. The first kappa shape index (κ1) is 21.0. The number of benzene rings is 2. The van der Waals surface area contributed by atoms with Crippen molar-refractivity contribution in [1.82, 2.24) is 9.97 Å². The number of aromatic nitrogens is 2. The maximum atomic E-state index is 12.3. The number of hydrogen-bond donors (Lipinski definition) is 2. The van der Waals surface area contributed by atoms with Crippen LogP contribution >= 0.6 is 0 Å². The van der Waals surface area contributed by atoms with Gasteiger partial charge in [-0.3, -0.25) is 10.1 Å². The highest BCUT2D eigenvalue weighted by atomic mass is 19.4. The quantitative estimate of drug-likeness (QED) is 0.413. The van der Waals surface area contributed by atoms with Crippen LogP contribution in [0.3, 0.4) is 0 Å². The van der Waals surface area contributed by atoms with Crippen LogP contribution in [0.1, 0.15) is 0 Å². The molecule has 1 aliphatic rings. The largest absolute Gasteiger partial charge is 0.573 e. The molecule has 3 aromatic rings. The summed E-state index contributed by atoms with van der Waals surface area (Å²) in [5.41, 5.74) is 0.264. The van der Waals surface area contributed by atoms with Crippen molar-refractivity contribution < 1.29 is 32.3 Å². The molecule has 0 saturated heterocycles. The smallest absolute Gasteiger partial charge is 0.486 e. The van der Waals surface area contributed by atoms with Gasteiger partial charge in [-0.05, 0) is 36.4 Å². The summed E-state index contributed by atoms with van der Waals surface area (Å²) < 4.78 is 51.6. The number of anilines is 4. The average Bonchev–Trinajstić information content (AvgIpc) is 2.74. The van der Waals surface area contributed by atoms with Crippen LogP contribution in [-0.4, -0.2) is 34.5 Å². The molecular weight excluding hydrogens is 435 g/mol. The summed E-state index contributed by atoms with van der Waals surface area (Å²) in [6.45, 7) is 0.806. The number of alkyl halides is 3. The number of hydrogen-bond acceptors (Lipinski definition) is 9. The number of nitrogens with zero attached hydrogens (tertiary/aromatic N) is 3. The monoisotopic (exact) mass is 449 g/mol. The zero-order valence-electron chi connectivity index (χ0n) is 16.0. The summed E-state index contributed by atoms with van der Waals surface area (Å²) in [7, 11) is 0. The first-order valence-corrected chi connectivity index (χ1v) is 9.07. The highest BCUT2D eigenvalue weighted by Crippen LogP contribution is 2.37. The zero-order valence-corrected chi connectivity index (χ0v) is 16.0. The number of fused-ring (bicyclic) bond motifs is 1. The van der Waals surface area contributed by atoms with Crippen molar-refractivity contribution in [2.24, 2.45) is 0 Å². The lowest BCUT2D eigenvalue weighted by atomic mass is 10.2. The van der Waals surface area contributed by atoms with Crippen LogP contribution in [0.15, 0.2) is 48.8 Å². The fraction of sp³-hybridized carbons (Fsp3) is 0.158. The molecule has 0 amide bonds. The van der Waals surface area contributed by atoms with Gasteiger partial charge in [-0.25, -0.2) is 9.97 Å². The standard InChI is InChI=1S/C19H14F3N5O5/c20-19(21,22)32-13-4-1-11(2-5-13)25-17-16(27(28)29)18(24-10-23-17)26-12-3-6-14-15(9-12)31-8-7-30-14/h1-6,9-10H,7-8H2,(H2,23,24,25,26). The van der Waals surface area contributed by atoms with E-state index in [0.717, 1.165) is 18.5 Å². The van der Waals surface area contributed by atoms with Gasteiger partial charge in [-0.15, -0.1) is 13.2 Å². The Morgan fingerprint density at radius 3 is 2.16 bits per heavy atom. The summed E-state index contributed by atoms with van der Waals surface area (Å²) >= 11 is 0. The molecule has 0 unspecified atom stereocenters. The number of nitrogens with one attached hydrogen (secondary N) is 2. The average molecular weight is 449 g/mol. The lowest BCUT2D eigenvalue weighted by Crippen LogP contribution is -2.17. The fourth-order valence-corrected chi connectivity index (χ4v) is 2.87. The van der Waals surface area contributed by atoms with Crippen molar-refractivity contribution in [2.45, 2.75) is 6.36 Å². The van der Waals surface area contributed by atoms with Crippen molar-refractivity contribution in [3.63, 3.8) is 0 Å². The van der Waals surface area contributed by atoms with E-state index in [0.29, 0.717) is 30.4 Å². The van der Waals surface area contributed by atoms with Crippen molar-refractivity contribution in [1.29, 1.82) is 0 Å². The number of halogens is 3. The maximum Gasteiger partial charge on any atom is 0.573 e. The molecular formula is C19H14F3N5O5. The normalized spacial score (nSPS) is 12.7. The third-order valence-corrected chi connectivity index (χ3v) is 4.16. The third kappa shape index (κ3) is 4.88. The predicted molar refractivity (Wildman–Crippen MR) is 106 cm³/mol. The predicted octanol–water partition coefficient (Wildman–Crippen LogP) is 4.54. The molecule has 32 heavy (non-hydrogen) atoms. The summed E-state index contributed by atoms with van der Waals surface area (Å²) in [5.74, 6) is 0.355. The molecule has 1 aliphatic heterocycles. The van der Waals surface area contributed by atoms with E-state index in [1.165, 1.54) is 12.1 Å². The van der Waals surface area contributed by atoms with Crippen LogP contribution < -0.4 is 24.8 Å². The van der Waals surface area contributed by atoms with Gasteiger partial charge in [0.1, 0.15) is 25.3 Å². The Bertz CT molecular complexity index is 1140. The van der Waals surface area contributed by atoms with Gasteiger partial charge in [-0.2, -0.15) is 0 Å². The zero-order chi connectivity index (χ0) is 22.7. The van der Waals surface area contributed by atoms with Crippen LogP contribution in [0, 0.1) is 10.1 Å². The minimum atomic E-state index is -4.82. The molecule has 0 spiro atoms. The molecule has 13 heteroatoms. The Labute approximate surface area is 178 Å². The summed E-state index contributed by atoms with van der Waals surface area (Å²) in [4.78, 5) is 18.9. The van der Waals surface area contributed by atoms with Crippen LogP contribution in [0.25, 0.3) is 0 Å². The van der Waals surface area contributed by atoms with Gasteiger partial charge in [0.25, 0.3) is 0 Å². The highest BCUT2D eigenvalue weighted by molar-refractivity contribution is 5.77. The van der Waals surface area contributed by atoms with E-state index < -0.39 is 22.7 Å². The van der Waals surface area contributed by atoms with Crippen molar-refractivity contribution in [3.8, 4) is 17.2 Å². The van der Waals surface area contributed by atoms with E-state index in [1.54, 1.807) is 18.2 Å². The second-order valence-corrected chi connectivity index (χ2v) is 6.36. The second-order valence-electron chi connectivity index (χ2n) is 6.36. The Morgan fingerprint density at radius 1 is 0.938 bits per heavy atom. The van der Waals surface area contributed by atoms with Crippen LogP contribution in [0.2, 0.25) is 0 Å². The molecule has 0 fully saturated rings. The van der Waals surface area contributed by atoms with Gasteiger partial charge in [0.05, 0.1) is 4.92 Å². The Hall–Kier alpha value is -4.29. The molecule has 1 aromatic heterocycles. The summed E-state index contributed by atoms with van der Waals surface area (Å²) in [6.07, 6.45) is -3.72. The maximum absolute atomic E-state index is 12.3. The van der Waals surface area contributed by atoms with Gasteiger partial charge < -0.3 is 24.8 Å². The number of ether oxygens (including phenoxy) is 3. The third-order valence-electron chi connectivity index (χ3n) is 4.16. The lowest BCUT2D eigenvalue weighted by molar-refractivity contribution is -0.383. The Morgan fingerprint density at radius 2 is 1.53 bits per heavy atom. The SMILES string of the molecule is O=[N+]([O-])c1c(Nc2ccc(OC(F)(F)F)cc2)ncnc1Nc1ccc2c(c1)OCCO2. The van der Waals surface area contributed by atoms with Crippen molar-refractivity contribution in [2.75, 3.05) is 23.8 Å². The first-order valence-electron chi connectivity index (χ1n) is 9.07. The van der Waals surface area contributed by atoms with Gasteiger partial charge in [0, 0.05) is 17.4 Å². The minimum Gasteiger partial charge on any atom is -0.486 e. The second kappa shape index (κ2) is 8.45. The van der Waals surface area contributed by atoms with Gasteiger partial charge in [0.15, 0.2) is 11.5 Å². The van der Waals surface area contributed by atoms with Gasteiger partial charge in [0.2, 0.25) is 11.6 Å². The Kier molecular flexibility index (Phi) is 5.54. The fourth-order valence-electron chi connectivity index (χ4n) is 2.87. The van der Waals surface area contributed by atoms with E-state index >= 15 is 0 Å². The van der Waals surface area contributed by atoms with Crippen LogP contribution in [0.4, 0.5) is 41.9 Å². The number of rotatable bonds is 6.